The van der Waals surface area contributed by atoms with Crippen molar-refractivity contribution in [2.75, 3.05) is 11.1 Å². The van der Waals surface area contributed by atoms with Gasteiger partial charge in [0.25, 0.3) is 0 Å². The zero-order chi connectivity index (χ0) is 26.9. The summed E-state index contributed by atoms with van der Waals surface area (Å²) in [5.74, 6) is -0.333. The molecule has 3 aromatic rings. The molecule has 3 atom stereocenters. The summed E-state index contributed by atoms with van der Waals surface area (Å²) in [4.78, 5) is 22.8. The molecule has 0 spiro atoms. The molecule has 0 saturated carbocycles. The van der Waals surface area contributed by atoms with Gasteiger partial charge in [-0.3, -0.25) is 9.59 Å². The minimum Gasteiger partial charge on any atom is -0.481 e. The van der Waals surface area contributed by atoms with Gasteiger partial charge in [0.1, 0.15) is 6.33 Å². The lowest BCUT2D eigenvalue weighted by Crippen LogP contribution is -2.31. The van der Waals surface area contributed by atoms with E-state index in [1.807, 2.05) is 48.0 Å². The molecule has 38 heavy (non-hydrogen) atoms. The molecule has 11 heteroatoms. The first-order valence-electron chi connectivity index (χ1n) is 12.5. The van der Waals surface area contributed by atoms with Crippen LogP contribution in [0.15, 0.2) is 60.0 Å². The van der Waals surface area contributed by atoms with Gasteiger partial charge in [0.2, 0.25) is 5.91 Å². The van der Waals surface area contributed by atoms with Crippen molar-refractivity contribution in [2.24, 2.45) is 7.05 Å². The number of unbranched alkanes of at least 4 members (excludes halogenated alkanes) is 1. The van der Waals surface area contributed by atoms with Gasteiger partial charge in [-0.15, -0.1) is 10.2 Å². The number of aliphatic hydroxyl groups is 1. The van der Waals surface area contributed by atoms with E-state index in [-0.39, 0.29) is 37.6 Å². The van der Waals surface area contributed by atoms with Crippen molar-refractivity contribution < 1.29 is 29.3 Å². The normalized spacial score (nSPS) is 19.3. The van der Waals surface area contributed by atoms with Gasteiger partial charge in [0.05, 0.1) is 18.8 Å². The quantitative estimate of drug-likeness (QED) is 0.228. The monoisotopic (exact) mass is 540 g/mol. The summed E-state index contributed by atoms with van der Waals surface area (Å²) in [6.07, 6.45) is 2.75. The lowest BCUT2D eigenvalue weighted by atomic mass is 10.0. The van der Waals surface area contributed by atoms with Crippen LogP contribution in [0.25, 0.3) is 0 Å². The third kappa shape index (κ3) is 7.87. The number of aliphatic hydroxyl groups excluding tert-OH is 1. The molecule has 1 saturated heterocycles. The minimum atomic E-state index is -0.855. The molecule has 0 radical (unpaired) electrons. The molecule has 0 bridgehead atoms. The van der Waals surface area contributed by atoms with Crippen LogP contribution in [0.2, 0.25) is 0 Å². The van der Waals surface area contributed by atoms with Crippen LogP contribution in [0.5, 0.6) is 0 Å². The van der Waals surface area contributed by atoms with Crippen molar-refractivity contribution in [1.29, 1.82) is 0 Å². The van der Waals surface area contributed by atoms with Crippen molar-refractivity contribution in [3.05, 3.63) is 71.5 Å². The van der Waals surface area contributed by atoms with E-state index in [0.29, 0.717) is 30.7 Å². The number of hydrogen-bond donors (Lipinski definition) is 3. The fraction of sp³-hybridized carbons (Fsp3) is 0.407. The Labute approximate surface area is 225 Å². The number of thioether (sulfide) groups is 1. The van der Waals surface area contributed by atoms with Crippen molar-refractivity contribution >= 4 is 29.3 Å². The number of rotatable bonds is 12. The molecule has 4 rings (SSSR count). The average molecular weight is 541 g/mol. The number of aliphatic carboxylic acids is 1. The molecule has 2 aromatic carbocycles. The lowest BCUT2D eigenvalue weighted by Gasteiger charge is -2.36. The fourth-order valence-electron chi connectivity index (χ4n) is 4.10. The number of aromatic nitrogens is 3. The number of amides is 1. The first-order valence-corrected chi connectivity index (χ1v) is 13.5. The molecule has 10 nitrogen and oxygen atoms in total. The topological polar surface area (TPSA) is 136 Å². The molecule has 2 heterocycles. The maximum atomic E-state index is 12.2. The Morgan fingerprint density at radius 3 is 2.42 bits per heavy atom. The van der Waals surface area contributed by atoms with Gasteiger partial charge in [0, 0.05) is 43.3 Å². The zero-order valence-electron chi connectivity index (χ0n) is 21.2. The Morgan fingerprint density at radius 1 is 1.05 bits per heavy atom. The molecule has 1 amide bonds. The Morgan fingerprint density at radius 2 is 1.76 bits per heavy atom. The van der Waals surface area contributed by atoms with E-state index < -0.39 is 12.3 Å². The highest BCUT2D eigenvalue weighted by atomic mass is 32.2. The zero-order valence-corrected chi connectivity index (χ0v) is 22.0. The third-order valence-corrected chi connectivity index (χ3v) is 7.36. The molecule has 1 aliphatic rings. The van der Waals surface area contributed by atoms with Crippen molar-refractivity contribution in [2.45, 2.75) is 62.4 Å². The Bertz CT molecular complexity index is 1200. The van der Waals surface area contributed by atoms with Crippen LogP contribution >= 0.6 is 11.8 Å². The molecular weight excluding hydrogens is 508 g/mol. The number of carboxylic acids is 1. The number of benzene rings is 2. The molecule has 3 N–H and O–H groups in total. The number of nitrogens with one attached hydrogen (secondary N) is 1. The summed E-state index contributed by atoms with van der Waals surface area (Å²) in [5, 5.41) is 29.8. The van der Waals surface area contributed by atoms with Gasteiger partial charge in [-0.05, 0) is 36.1 Å². The summed E-state index contributed by atoms with van der Waals surface area (Å²) in [6.45, 7) is -0.0142. The Balaban J connectivity index is 1.41. The second kappa shape index (κ2) is 13.5. The van der Waals surface area contributed by atoms with E-state index in [9.17, 15) is 14.7 Å². The SMILES string of the molecule is Cn1cnnc1SC[C@@H]1C[C@H](c2ccc(CO)cc2)O[C@H](c2ccc(NC(=O)CCCCC(=O)O)cc2)O1. The van der Waals surface area contributed by atoms with Gasteiger partial charge in [-0.2, -0.15) is 0 Å². The minimum absolute atomic E-state index is 0.0142. The average Bonchev–Trinajstić information content (AvgIpc) is 3.34. The lowest BCUT2D eigenvalue weighted by molar-refractivity contribution is -0.245. The van der Waals surface area contributed by atoms with E-state index >= 15 is 0 Å². The van der Waals surface area contributed by atoms with Gasteiger partial charge < -0.3 is 29.6 Å². The van der Waals surface area contributed by atoms with Gasteiger partial charge in [-0.25, -0.2) is 0 Å². The first kappa shape index (κ1) is 27.8. The molecule has 1 fully saturated rings. The summed E-state index contributed by atoms with van der Waals surface area (Å²) >= 11 is 1.58. The van der Waals surface area contributed by atoms with Crippen LogP contribution in [0.3, 0.4) is 0 Å². The van der Waals surface area contributed by atoms with E-state index in [4.69, 9.17) is 14.6 Å². The van der Waals surface area contributed by atoms with E-state index in [1.165, 1.54) is 0 Å². The number of anilines is 1. The smallest absolute Gasteiger partial charge is 0.303 e. The highest BCUT2D eigenvalue weighted by molar-refractivity contribution is 7.99. The highest BCUT2D eigenvalue weighted by Gasteiger charge is 2.32. The number of hydrogen-bond acceptors (Lipinski definition) is 8. The van der Waals surface area contributed by atoms with Crippen LogP contribution in [0.4, 0.5) is 5.69 Å². The molecule has 1 aliphatic heterocycles. The maximum absolute atomic E-state index is 12.2. The van der Waals surface area contributed by atoms with Crippen molar-refractivity contribution in [3.63, 3.8) is 0 Å². The van der Waals surface area contributed by atoms with Crippen molar-refractivity contribution in [1.82, 2.24) is 14.8 Å². The predicted octanol–water partition coefficient (Wildman–Crippen LogP) is 4.23. The summed E-state index contributed by atoms with van der Waals surface area (Å²) < 4.78 is 14.6. The summed E-state index contributed by atoms with van der Waals surface area (Å²) in [5.41, 5.74) is 3.33. The first-order chi connectivity index (χ1) is 18.4. The third-order valence-electron chi connectivity index (χ3n) is 6.19. The van der Waals surface area contributed by atoms with Crippen LogP contribution in [0, 0.1) is 0 Å². The highest BCUT2D eigenvalue weighted by Crippen LogP contribution is 2.39. The van der Waals surface area contributed by atoms with Gasteiger partial charge in [0.15, 0.2) is 11.4 Å². The van der Waals surface area contributed by atoms with Crippen LogP contribution in [0.1, 0.15) is 61.2 Å². The van der Waals surface area contributed by atoms with Crippen LogP contribution < -0.4 is 5.32 Å². The standard InChI is InChI=1S/C27H32N4O6S/c1-31-17-28-30-27(31)38-16-22-14-23(19-8-6-18(15-32)7-9-19)37-26(36-22)20-10-12-21(13-11-20)29-24(33)4-2-3-5-25(34)35/h6-13,17,22-23,26,32H,2-5,14-16H2,1H3,(H,29,33)(H,34,35)/t22-,23+,26+/m0/s1. The largest absolute Gasteiger partial charge is 0.481 e. The van der Waals surface area contributed by atoms with Gasteiger partial charge >= 0.3 is 5.97 Å². The number of nitrogens with zero attached hydrogens (tertiary/aromatic N) is 3. The summed E-state index contributed by atoms with van der Waals surface area (Å²) in [6, 6.07) is 15.1. The number of aryl methyl sites for hydroxylation is 1. The molecule has 202 valence electrons. The number of ether oxygens (including phenoxy) is 2. The number of carboxylic acid groups (broad SMARTS) is 1. The maximum Gasteiger partial charge on any atom is 0.303 e. The second-order valence-corrected chi connectivity index (χ2v) is 10.1. The molecule has 1 aromatic heterocycles. The Kier molecular flexibility index (Phi) is 9.88. The molecular formula is C27H32N4O6S. The van der Waals surface area contributed by atoms with Crippen molar-refractivity contribution in [3.8, 4) is 0 Å². The Hall–Kier alpha value is -3.25. The molecule has 0 unspecified atom stereocenters. The predicted molar refractivity (Wildman–Crippen MR) is 141 cm³/mol. The van der Waals surface area contributed by atoms with E-state index in [0.717, 1.165) is 21.8 Å². The molecule has 0 aliphatic carbocycles. The van der Waals surface area contributed by atoms with Crippen LogP contribution in [-0.4, -0.2) is 48.7 Å². The number of carbonyl (C=O) groups excluding carboxylic acids is 1. The van der Waals surface area contributed by atoms with Crippen LogP contribution in [-0.2, 0) is 32.7 Å². The van der Waals surface area contributed by atoms with E-state index in [1.54, 1.807) is 30.2 Å². The summed E-state index contributed by atoms with van der Waals surface area (Å²) in [7, 11) is 1.90. The second-order valence-electron chi connectivity index (χ2n) is 9.16. The van der Waals surface area contributed by atoms with E-state index in [2.05, 4.69) is 15.5 Å². The fourth-order valence-corrected chi connectivity index (χ4v) is 5.01. The van der Waals surface area contributed by atoms with Gasteiger partial charge in [-0.1, -0.05) is 48.2 Å². The number of carbonyl (C=O) groups is 2.